The van der Waals surface area contributed by atoms with Crippen LogP contribution in [-0.4, -0.2) is 10.9 Å². The van der Waals surface area contributed by atoms with Crippen LogP contribution in [0, 0.1) is 0 Å². The topological polar surface area (TPSA) is 58.0 Å². The first-order valence-electron chi connectivity index (χ1n) is 9.54. The predicted molar refractivity (Wildman–Crippen MR) is 112 cm³/mol. The minimum Gasteiger partial charge on any atom is -0.467 e. The van der Waals surface area contributed by atoms with E-state index in [0.29, 0.717) is 21.9 Å². The molecule has 2 aromatic heterocycles. The Kier molecular flexibility index (Phi) is 5.78. The number of hydrogen-bond donors (Lipinski definition) is 2. The summed E-state index contributed by atoms with van der Waals surface area (Å²) in [4.78, 5) is 15.8. The van der Waals surface area contributed by atoms with Crippen molar-refractivity contribution >= 4 is 28.4 Å². The number of halogens is 4. The van der Waals surface area contributed by atoms with Crippen LogP contribution in [0.1, 0.15) is 34.8 Å². The highest BCUT2D eigenvalue weighted by Crippen LogP contribution is 2.37. The van der Waals surface area contributed by atoms with Gasteiger partial charge in [-0.2, -0.15) is 13.2 Å². The van der Waals surface area contributed by atoms with E-state index in [1.54, 1.807) is 42.6 Å². The van der Waals surface area contributed by atoms with Crippen LogP contribution in [0.25, 0.3) is 10.9 Å². The third kappa shape index (κ3) is 4.77. The molecule has 1 atom stereocenters. The molecule has 0 fully saturated rings. The monoisotopic (exact) mass is 446 g/mol. The van der Waals surface area contributed by atoms with Gasteiger partial charge in [0, 0.05) is 34.5 Å². The zero-order chi connectivity index (χ0) is 22.0. The Morgan fingerprint density at radius 3 is 2.71 bits per heavy atom. The second-order valence-corrected chi connectivity index (χ2v) is 7.61. The van der Waals surface area contributed by atoms with E-state index in [9.17, 15) is 18.0 Å². The van der Waals surface area contributed by atoms with Crippen molar-refractivity contribution in [1.82, 2.24) is 10.3 Å². The number of amides is 1. The Bertz CT molecular complexity index is 1200. The number of carbonyl (C=O) groups is 1. The molecule has 0 spiro atoms. The van der Waals surface area contributed by atoms with Crippen molar-refractivity contribution in [3.8, 4) is 0 Å². The van der Waals surface area contributed by atoms with Crippen molar-refractivity contribution in [2.45, 2.75) is 25.1 Å². The van der Waals surface area contributed by atoms with Gasteiger partial charge in [-0.1, -0.05) is 29.8 Å². The van der Waals surface area contributed by atoms with Crippen LogP contribution in [-0.2, 0) is 17.5 Å². The molecule has 4 aromatic rings. The van der Waals surface area contributed by atoms with Gasteiger partial charge in [0.2, 0.25) is 5.91 Å². The van der Waals surface area contributed by atoms with Gasteiger partial charge < -0.3 is 14.7 Å². The summed E-state index contributed by atoms with van der Waals surface area (Å²) >= 11 is 6.14. The molecule has 0 aliphatic heterocycles. The second kappa shape index (κ2) is 8.51. The van der Waals surface area contributed by atoms with Crippen LogP contribution in [0.4, 0.5) is 13.2 Å². The van der Waals surface area contributed by atoms with E-state index in [0.717, 1.165) is 23.0 Å². The molecule has 31 heavy (non-hydrogen) atoms. The summed E-state index contributed by atoms with van der Waals surface area (Å²) in [5, 5.41) is 4.02. The maximum atomic E-state index is 13.3. The highest BCUT2D eigenvalue weighted by atomic mass is 35.5. The van der Waals surface area contributed by atoms with Crippen molar-refractivity contribution in [1.29, 1.82) is 0 Å². The normalized spacial score (nSPS) is 12.8. The number of rotatable bonds is 6. The molecule has 160 valence electrons. The number of aromatic nitrogens is 1. The SMILES string of the molecule is O=C(C[C@@H](c1cccc(C(F)(F)F)c1)c1c[nH]c2ccc(Cl)cc12)NCc1ccco1. The molecule has 2 aromatic carbocycles. The minimum atomic E-state index is -4.48. The first-order valence-corrected chi connectivity index (χ1v) is 9.92. The summed E-state index contributed by atoms with van der Waals surface area (Å²) in [6, 6.07) is 13.8. The zero-order valence-corrected chi connectivity index (χ0v) is 16.9. The molecule has 0 radical (unpaired) electrons. The summed E-state index contributed by atoms with van der Waals surface area (Å²) in [7, 11) is 0. The first kappa shape index (κ1) is 21.1. The molecule has 2 N–H and O–H groups in total. The van der Waals surface area contributed by atoms with Gasteiger partial charge in [0.1, 0.15) is 5.76 Å². The number of benzene rings is 2. The number of fused-ring (bicyclic) bond motifs is 1. The molecule has 2 heterocycles. The number of H-pyrrole nitrogens is 1. The molecule has 0 saturated heterocycles. The standard InChI is InChI=1S/C23H18ClF3N2O2/c24-16-6-7-21-19(10-16)20(13-28-21)18(11-22(30)29-12-17-5-2-8-31-17)14-3-1-4-15(9-14)23(25,26)27/h1-10,13,18,28H,11-12H2,(H,29,30)/t18-/m0/s1. The lowest BCUT2D eigenvalue weighted by Crippen LogP contribution is -2.24. The van der Waals surface area contributed by atoms with Gasteiger partial charge in [0.15, 0.2) is 0 Å². The first-order chi connectivity index (χ1) is 14.8. The maximum absolute atomic E-state index is 13.3. The molecule has 4 nitrogen and oxygen atoms in total. The fourth-order valence-corrected chi connectivity index (χ4v) is 3.77. The van der Waals surface area contributed by atoms with Gasteiger partial charge in [-0.3, -0.25) is 4.79 Å². The van der Waals surface area contributed by atoms with E-state index in [1.165, 1.54) is 12.3 Å². The molecule has 0 aliphatic rings. The molecule has 4 rings (SSSR count). The van der Waals surface area contributed by atoms with Gasteiger partial charge in [-0.05, 0) is 47.5 Å². The average Bonchev–Trinajstić information content (AvgIpc) is 3.40. The van der Waals surface area contributed by atoms with E-state index in [2.05, 4.69) is 10.3 Å². The summed E-state index contributed by atoms with van der Waals surface area (Å²) < 4.78 is 45.1. The highest BCUT2D eigenvalue weighted by Gasteiger charge is 2.32. The molecular formula is C23H18ClF3N2O2. The van der Waals surface area contributed by atoms with E-state index in [-0.39, 0.29) is 18.9 Å². The number of alkyl halides is 3. The number of nitrogens with one attached hydrogen (secondary N) is 2. The summed E-state index contributed by atoms with van der Waals surface area (Å²) in [6.45, 7) is 0.195. The summed E-state index contributed by atoms with van der Waals surface area (Å²) in [5.74, 6) is -0.329. The van der Waals surface area contributed by atoms with Gasteiger partial charge in [0.05, 0.1) is 18.4 Å². The van der Waals surface area contributed by atoms with E-state index in [1.807, 2.05) is 0 Å². The van der Waals surface area contributed by atoms with Gasteiger partial charge in [0.25, 0.3) is 0 Å². The second-order valence-electron chi connectivity index (χ2n) is 7.17. The Morgan fingerprint density at radius 1 is 1.13 bits per heavy atom. The minimum absolute atomic E-state index is 0.0402. The van der Waals surface area contributed by atoms with Crippen LogP contribution in [0.15, 0.2) is 71.5 Å². The number of carbonyl (C=O) groups excluding carboxylic acids is 1. The number of aromatic amines is 1. The number of furan rings is 1. The molecule has 0 bridgehead atoms. The lowest BCUT2D eigenvalue weighted by atomic mass is 9.87. The fraction of sp³-hybridized carbons (Fsp3) is 0.174. The van der Waals surface area contributed by atoms with E-state index >= 15 is 0 Å². The lowest BCUT2D eigenvalue weighted by molar-refractivity contribution is -0.137. The van der Waals surface area contributed by atoms with Crippen molar-refractivity contribution < 1.29 is 22.4 Å². The quantitative estimate of drug-likeness (QED) is 0.366. The zero-order valence-electron chi connectivity index (χ0n) is 16.2. The number of hydrogen-bond acceptors (Lipinski definition) is 2. The van der Waals surface area contributed by atoms with Crippen molar-refractivity contribution in [3.63, 3.8) is 0 Å². The van der Waals surface area contributed by atoms with Gasteiger partial charge >= 0.3 is 6.18 Å². The van der Waals surface area contributed by atoms with Crippen molar-refractivity contribution in [3.05, 3.63) is 94.5 Å². The van der Waals surface area contributed by atoms with Crippen LogP contribution < -0.4 is 5.32 Å². The Balaban J connectivity index is 1.70. The fourth-order valence-electron chi connectivity index (χ4n) is 3.60. The Labute approximate surface area is 181 Å². The molecule has 0 aliphatic carbocycles. The van der Waals surface area contributed by atoms with E-state index in [4.69, 9.17) is 16.0 Å². The molecule has 0 saturated carbocycles. The predicted octanol–water partition coefficient (Wildman–Crippen LogP) is 6.27. The van der Waals surface area contributed by atoms with Crippen molar-refractivity contribution in [2.75, 3.05) is 0 Å². The Hall–Kier alpha value is -3.19. The molecular weight excluding hydrogens is 429 g/mol. The third-order valence-electron chi connectivity index (χ3n) is 5.10. The summed E-state index contributed by atoms with van der Waals surface area (Å²) in [6.07, 6.45) is -1.30. The van der Waals surface area contributed by atoms with Crippen LogP contribution in [0.3, 0.4) is 0 Å². The van der Waals surface area contributed by atoms with Crippen LogP contribution >= 0.6 is 11.6 Å². The van der Waals surface area contributed by atoms with Gasteiger partial charge in [-0.15, -0.1) is 0 Å². The van der Waals surface area contributed by atoms with Crippen LogP contribution in [0.2, 0.25) is 5.02 Å². The van der Waals surface area contributed by atoms with Gasteiger partial charge in [-0.25, -0.2) is 0 Å². The molecule has 1 amide bonds. The maximum Gasteiger partial charge on any atom is 0.416 e. The molecule has 0 unspecified atom stereocenters. The molecule has 8 heteroatoms. The average molecular weight is 447 g/mol. The largest absolute Gasteiger partial charge is 0.467 e. The smallest absolute Gasteiger partial charge is 0.416 e. The van der Waals surface area contributed by atoms with Crippen molar-refractivity contribution in [2.24, 2.45) is 0 Å². The summed E-state index contributed by atoms with van der Waals surface area (Å²) in [5.41, 5.74) is 1.12. The van der Waals surface area contributed by atoms with Crippen LogP contribution in [0.5, 0.6) is 0 Å². The third-order valence-corrected chi connectivity index (χ3v) is 5.33. The van der Waals surface area contributed by atoms with E-state index < -0.39 is 17.7 Å². The Morgan fingerprint density at radius 2 is 1.97 bits per heavy atom. The highest BCUT2D eigenvalue weighted by molar-refractivity contribution is 6.31. The lowest BCUT2D eigenvalue weighted by Gasteiger charge is -2.19.